The molecule has 30 heteroatoms. The number of Topliss-reactive ketones (excluding diaryl/α,β-unsaturated/α-hetero) is 1. The molecule has 1 saturated heterocycles. The number of aromatic nitrogens is 4. The Labute approximate surface area is 314 Å². The van der Waals surface area contributed by atoms with Crippen molar-refractivity contribution in [2.45, 2.75) is 63.9 Å². The molecule has 3 rings (SSSR count). The van der Waals surface area contributed by atoms with Crippen molar-refractivity contribution < 1.29 is 90.4 Å². The van der Waals surface area contributed by atoms with E-state index in [1.165, 1.54) is 13.8 Å². The molecule has 1 aliphatic rings. The van der Waals surface area contributed by atoms with E-state index in [1.807, 2.05) is 0 Å². The molecule has 1 fully saturated rings. The first-order valence-corrected chi connectivity index (χ1v) is 21.1. The monoisotopic (exact) mass is 867 g/mol. The Hall–Kier alpha value is -2.81. The van der Waals surface area contributed by atoms with E-state index >= 15 is 0 Å². The Kier molecular flexibility index (Phi) is 16.2. The van der Waals surface area contributed by atoms with Gasteiger partial charge in [-0.3, -0.25) is 37.3 Å². The average molecular weight is 868 g/mol. The topological polar surface area (TPSA) is 401 Å². The minimum Gasteiger partial charge on any atom is -0.386 e. The van der Waals surface area contributed by atoms with Crippen LogP contribution < -0.4 is 16.4 Å². The van der Waals surface area contributed by atoms with Crippen molar-refractivity contribution in [3.05, 3.63) is 12.7 Å². The molecule has 8 atom stereocenters. The molecule has 310 valence electrons. The van der Waals surface area contributed by atoms with Gasteiger partial charge in [0.05, 0.1) is 19.5 Å². The van der Waals surface area contributed by atoms with Gasteiger partial charge in [-0.15, -0.1) is 0 Å². The van der Waals surface area contributed by atoms with Crippen molar-refractivity contribution in [1.29, 1.82) is 0 Å². The Morgan fingerprint density at radius 1 is 1.04 bits per heavy atom. The number of amides is 2. The third kappa shape index (κ3) is 13.7. The number of nitrogens with two attached hydrogens (primary N) is 1. The summed E-state index contributed by atoms with van der Waals surface area (Å²) < 4.78 is 61.9. The maximum Gasteiger partial charge on any atom is 0.481 e. The van der Waals surface area contributed by atoms with Gasteiger partial charge in [0, 0.05) is 30.7 Å². The second-order valence-electron chi connectivity index (χ2n) is 12.3. The summed E-state index contributed by atoms with van der Waals surface area (Å²) in [5.41, 5.74) is 4.18. The largest absolute Gasteiger partial charge is 0.481 e. The first-order chi connectivity index (χ1) is 25.3. The molecule has 2 aromatic heterocycles. The van der Waals surface area contributed by atoms with Gasteiger partial charge in [0.25, 0.3) is 0 Å². The van der Waals surface area contributed by atoms with Gasteiger partial charge in [-0.25, -0.2) is 28.6 Å². The molecule has 2 aromatic rings. The molecule has 0 aromatic carbocycles. The predicted octanol–water partition coefficient (Wildman–Crippen LogP) is -2.39. The molecular weight excluding hydrogens is 827 g/mol. The summed E-state index contributed by atoms with van der Waals surface area (Å²) in [6, 6.07) is 0. The maximum absolute atomic E-state index is 12.6. The van der Waals surface area contributed by atoms with Crippen LogP contribution >= 0.6 is 35.2 Å². The number of aliphatic hydroxyl groups excluding tert-OH is 3. The fourth-order valence-electron chi connectivity index (χ4n) is 4.53. The molecule has 11 N–H and O–H groups in total. The molecule has 55 heavy (non-hydrogen) atoms. The molecule has 0 spiro atoms. The van der Waals surface area contributed by atoms with Crippen LogP contribution in [-0.4, -0.2) is 140 Å². The molecule has 3 heterocycles. The molecule has 0 aliphatic carbocycles. The molecule has 26 nitrogen and oxygen atoms in total. The zero-order chi connectivity index (χ0) is 41.5. The highest BCUT2D eigenvalue weighted by atomic mass is 32.2. The van der Waals surface area contributed by atoms with E-state index in [0.717, 1.165) is 24.1 Å². The van der Waals surface area contributed by atoms with Gasteiger partial charge in [0.2, 0.25) is 16.9 Å². The normalized spacial score (nSPS) is 22.4. The summed E-state index contributed by atoms with van der Waals surface area (Å²) in [5, 5.41) is 34.7. The highest BCUT2D eigenvalue weighted by Gasteiger charge is 2.50. The van der Waals surface area contributed by atoms with Crippen molar-refractivity contribution >= 4 is 74.9 Å². The van der Waals surface area contributed by atoms with E-state index in [4.69, 9.17) is 19.5 Å². The third-order valence-electron chi connectivity index (χ3n) is 7.35. The smallest absolute Gasteiger partial charge is 0.386 e. The second-order valence-corrected chi connectivity index (χ2v) is 17.6. The summed E-state index contributed by atoms with van der Waals surface area (Å²) in [4.78, 5) is 97.9. The number of anilines is 1. The van der Waals surface area contributed by atoms with Crippen LogP contribution in [0.5, 0.6) is 0 Å². The Balaban J connectivity index is 1.50. The zero-order valence-electron chi connectivity index (χ0n) is 29.0. The first kappa shape index (κ1) is 46.6. The number of carbonyl (C=O) groups is 4. The van der Waals surface area contributed by atoms with Gasteiger partial charge in [0.15, 0.2) is 29.6 Å². The number of thioether (sulfide) groups is 1. The summed E-state index contributed by atoms with van der Waals surface area (Å²) in [7, 11) is -16.4. The lowest BCUT2D eigenvalue weighted by molar-refractivity contribution is -0.137. The van der Waals surface area contributed by atoms with Crippen molar-refractivity contribution in [1.82, 2.24) is 30.2 Å². The number of phosphoric acid groups is 3. The van der Waals surface area contributed by atoms with Crippen LogP contribution in [0.25, 0.3) is 11.2 Å². The fourth-order valence-corrected chi connectivity index (χ4v) is 8.08. The molecule has 0 saturated carbocycles. The zero-order valence-corrected chi connectivity index (χ0v) is 32.5. The van der Waals surface area contributed by atoms with Gasteiger partial charge in [0.1, 0.15) is 36.3 Å². The Bertz CT molecular complexity index is 1860. The number of phosphoric ester groups is 3. The van der Waals surface area contributed by atoms with Crippen LogP contribution in [0.3, 0.4) is 0 Å². The minimum atomic E-state index is -5.59. The second kappa shape index (κ2) is 19.1. The molecule has 0 radical (unpaired) electrons. The van der Waals surface area contributed by atoms with Crippen LogP contribution in [0, 0.1) is 5.41 Å². The number of fused-ring (bicyclic) bond motifs is 1. The van der Waals surface area contributed by atoms with E-state index in [0.29, 0.717) is 11.8 Å². The summed E-state index contributed by atoms with van der Waals surface area (Å²) in [6.07, 6.45) is -8.91. The Morgan fingerprint density at radius 3 is 2.33 bits per heavy atom. The number of nitrogens with zero attached hydrogens (tertiary/aromatic N) is 4. The maximum atomic E-state index is 12.6. The summed E-state index contributed by atoms with van der Waals surface area (Å²) in [5.74, 6) is -2.31. The molecular formula is C25H40N7O19P3S. The highest BCUT2D eigenvalue weighted by Crippen LogP contribution is 2.61. The number of ether oxygens (including phenoxy) is 1. The van der Waals surface area contributed by atoms with Gasteiger partial charge in [-0.1, -0.05) is 25.6 Å². The highest BCUT2D eigenvalue weighted by molar-refractivity contribution is 8.13. The quantitative estimate of drug-likeness (QED) is 0.0355. The number of nitrogens with one attached hydrogen (secondary N) is 2. The SMILES string of the molecule is CC(=O)[C@@H](O)C(=O)SCCNC(=O)CCNC(=O)C(O)C(C)(C)COP(=O)(O)OP(=O)(O)OC[C@H]1O[C@@H](n2cnc3c(N)ncnc32)[C@H](O)[C@@H]1OP(=O)(O)O. The summed E-state index contributed by atoms with van der Waals surface area (Å²) >= 11 is 0.636. The number of aliphatic hydroxyl groups is 3. The number of rotatable bonds is 21. The van der Waals surface area contributed by atoms with E-state index in [1.54, 1.807) is 0 Å². The van der Waals surface area contributed by atoms with Crippen LogP contribution in [0.4, 0.5) is 5.82 Å². The van der Waals surface area contributed by atoms with Gasteiger partial charge in [-0.05, 0) is 6.92 Å². The summed E-state index contributed by atoms with van der Waals surface area (Å²) in [6.45, 7) is 1.12. The number of hydrogen-bond donors (Lipinski definition) is 10. The number of imidazole rings is 1. The van der Waals surface area contributed by atoms with Crippen LogP contribution in [-0.2, 0) is 55.5 Å². The van der Waals surface area contributed by atoms with Crippen LogP contribution in [0.15, 0.2) is 12.7 Å². The number of nitrogen functional groups attached to an aromatic ring is 1. The van der Waals surface area contributed by atoms with Crippen molar-refractivity contribution in [2.75, 3.05) is 37.8 Å². The van der Waals surface area contributed by atoms with E-state index in [-0.39, 0.29) is 42.2 Å². The number of hydrogen-bond acceptors (Lipinski definition) is 20. The minimum absolute atomic E-state index is 0.00422. The van der Waals surface area contributed by atoms with E-state index in [9.17, 15) is 67.8 Å². The van der Waals surface area contributed by atoms with Crippen molar-refractivity contribution in [3.63, 3.8) is 0 Å². The Morgan fingerprint density at radius 2 is 1.69 bits per heavy atom. The lowest BCUT2D eigenvalue weighted by Crippen LogP contribution is -2.46. The van der Waals surface area contributed by atoms with Gasteiger partial charge in [-0.2, -0.15) is 4.31 Å². The number of carbonyl (C=O) groups excluding carboxylic acids is 4. The van der Waals surface area contributed by atoms with E-state index in [2.05, 4.69) is 34.4 Å². The molecule has 3 unspecified atom stereocenters. The van der Waals surface area contributed by atoms with Gasteiger partial charge < -0.3 is 56.0 Å². The van der Waals surface area contributed by atoms with E-state index < -0.39 is 102 Å². The van der Waals surface area contributed by atoms with Crippen LogP contribution in [0.1, 0.15) is 33.4 Å². The van der Waals surface area contributed by atoms with Gasteiger partial charge >= 0.3 is 23.5 Å². The third-order valence-corrected chi connectivity index (χ3v) is 11.4. The molecule has 2 amide bonds. The number of ketones is 1. The van der Waals surface area contributed by atoms with Crippen molar-refractivity contribution in [2.24, 2.45) is 5.41 Å². The predicted molar refractivity (Wildman–Crippen MR) is 184 cm³/mol. The average Bonchev–Trinajstić information content (AvgIpc) is 3.64. The van der Waals surface area contributed by atoms with Crippen molar-refractivity contribution in [3.8, 4) is 0 Å². The lowest BCUT2D eigenvalue weighted by Gasteiger charge is -2.30. The molecule has 1 aliphatic heterocycles. The standard InChI is InChI=1S/C25H40N7O19P3S/c1-12(33)16(35)24(39)55-7-6-27-14(34)4-5-28-22(38)19(37)25(2,3)9-48-54(45,46)51-53(43,44)47-8-13-18(50-52(40,41)42)17(36)23(49-13)32-11-31-15-20(26)29-10-30-21(15)32/h10-11,13,16-19,23,35-37H,4-9H2,1-3H3,(H,27,34)(H,28,38)(H,43,44)(H,45,46)(H2,26,29,30)(H2,40,41,42)/t13-,16-,17-,18-,19?,23-/m1/s1. The molecule has 0 bridgehead atoms. The first-order valence-electron chi connectivity index (χ1n) is 15.6. The van der Waals surface area contributed by atoms with Crippen LogP contribution in [0.2, 0.25) is 0 Å². The lowest BCUT2D eigenvalue weighted by atomic mass is 9.87. The fraction of sp³-hybridized carbons (Fsp3) is 0.640.